The van der Waals surface area contributed by atoms with Crippen molar-refractivity contribution < 1.29 is 0 Å². The molecule has 3 aromatic heterocycles. The lowest BCUT2D eigenvalue weighted by Gasteiger charge is -2.15. The Balaban J connectivity index is 0.930. The van der Waals surface area contributed by atoms with Crippen LogP contribution < -0.4 is 0 Å². The molecule has 9 aromatic rings. The minimum Gasteiger partial charge on any atom is -0.309 e. The van der Waals surface area contributed by atoms with E-state index in [0.717, 1.165) is 34.6 Å². The molecule has 0 unspecified atom stereocenters. The second kappa shape index (κ2) is 11.6. The average Bonchev–Trinajstić information content (AvgIpc) is 3.71. The third-order valence-electron chi connectivity index (χ3n) is 10.1. The maximum Gasteiger partial charge on any atom is 0.0702 e. The van der Waals surface area contributed by atoms with Crippen LogP contribution in [0.4, 0.5) is 0 Å². The van der Waals surface area contributed by atoms with Gasteiger partial charge in [0.2, 0.25) is 0 Å². The van der Waals surface area contributed by atoms with Crippen LogP contribution in [0.1, 0.15) is 17.5 Å². The zero-order valence-corrected chi connectivity index (χ0v) is 27.4. The van der Waals surface area contributed by atoms with E-state index in [0.29, 0.717) is 6.54 Å². The van der Waals surface area contributed by atoms with Crippen LogP contribution in [-0.4, -0.2) is 26.4 Å². The predicted molar refractivity (Wildman–Crippen MR) is 209 cm³/mol. The summed E-state index contributed by atoms with van der Waals surface area (Å²) in [4.78, 5) is 10.0. The lowest BCUT2D eigenvalue weighted by Crippen LogP contribution is -2.07. The highest BCUT2D eigenvalue weighted by Crippen LogP contribution is 2.36. The molecule has 0 bridgehead atoms. The lowest BCUT2D eigenvalue weighted by molar-refractivity contribution is 1.16. The monoisotopic (exact) mass is 640 g/mol. The number of dihydropyridines is 1. The third-order valence-corrected chi connectivity index (χ3v) is 10.1. The van der Waals surface area contributed by atoms with Crippen molar-refractivity contribution in [3.8, 4) is 22.6 Å². The number of aliphatic imine (C=N–C) groups is 1. The van der Waals surface area contributed by atoms with Gasteiger partial charge in [0.15, 0.2) is 0 Å². The lowest BCUT2D eigenvalue weighted by atomic mass is 9.97. The van der Waals surface area contributed by atoms with Gasteiger partial charge < -0.3 is 9.13 Å². The van der Waals surface area contributed by atoms with Gasteiger partial charge >= 0.3 is 0 Å². The molecule has 0 N–H and O–H groups in total. The van der Waals surface area contributed by atoms with Crippen LogP contribution in [0.5, 0.6) is 0 Å². The number of hydrogen-bond acceptors (Lipinski definition) is 2. The topological polar surface area (TPSA) is 35.1 Å². The Hall–Kier alpha value is -6.52. The zero-order chi connectivity index (χ0) is 33.0. The zero-order valence-electron chi connectivity index (χ0n) is 27.4. The van der Waals surface area contributed by atoms with Crippen molar-refractivity contribution in [2.45, 2.75) is 6.42 Å². The number of aromatic nitrogens is 3. The number of allylic oxidation sites excluding steroid dienone is 1. The summed E-state index contributed by atoms with van der Waals surface area (Å²) in [5.41, 5.74) is 13.9. The van der Waals surface area contributed by atoms with Gasteiger partial charge in [0.05, 0.1) is 34.3 Å². The molecule has 0 spiro atoms. The molecular formula is C46H32N4. The molecule has 0 radical (unpaired) electrons. The van der Waals surface area contributed by atoms with Gasteiger partial charge in [0.25, 0.3) is 0 Å². The summed E-state index contributed by atoms with van der Waals surface area (Å²) in [6.45, 7) is 0.644. The van der Waals surface area contributed by atoms with Crippen LogP contribution in [0.15, 0.2) is 175 Å². The second-order valence-corrected chi connectivity index (χ2v) is 13.0. The molecule has 0 atom stereocenters. The fourth-order valence-corrected chi connectivity index (χ4v) is 7.70. The van der Waals surface area contributed by atoms with E-state index in [1.54, 1.807) is 0 Å². The van der Waals surface area contributed by atoms with E-state index in [1.807, 2.05) is 6.20 Å². The summed E-state index contributed by atoms with van der Waals surface area (Å²) in [6.07, 6.45) is 5.12. The molecule has 4 nitrogen and oxygen atoms in total. The van der Waals surface area contributed by atoms with E-state index >= 15 is 0 Å². The molecule has 1 aliphatic heterocycles. The Morgan fingerprint density at radius 1 is 0.440 bits per heavy atom. The first kappa shape index (κ1) is 28.5. The summed E-state index contributed by atoms with van der Waals surface area (Å²) in [6, 6.07) is 56.3. The van der Waals surface area contributed by atoms with Crippen LogP contribution in [0.3, 0.4) is 0 Å². The normalized spacial score (nSPS) is 13.3. The molecule has 4 heteroatoms. The van der Waals surface area contributed by atoms with Crippen LogP contribution in [0.25, 0.3) is 71.8 Å². The van der Waals surface area contributed by atoms with Crippen molar-refractivity contribution in [3.63, 3.8) is 0 Å². The summed E-state index contributed by atoms with van der Waals surface area (Å²) in [5, 5.41) is 4.98. The number of para-hydroxylation sites is 4. The molecule has 0 saturated heterocycles. The summed E-state index contributed by atoms with van der Waals surface area (Å²) in [5.74, 6) is 0. The van der Waals surface area contributed by atoms with Crippen LogP contribution >= 0.6 is 0 Å². The predicted octanol–water partition coefficient (Wildman–Crippen LogP) is 11.2. The van der Waals surface area contributed by atoms with Crippen molar-refractivity contribution in [3.05, 3.63) is 181 Å². The minimum atomic E-state index is 0.644. The van der Waals surface area contributed by atoms with Gasteiger partial charge in [-0.2, -0.15) is 0 Å². The second-order valence-electron chi connectivity index (χ2n) is 13.0. The fraction of sp³-hybridized carbons (Fsp3) is 0.0435. The van der Waals surface area contributed by atoms with Gasteiger partial charge in [-0.1, -0.05) is 97.1 Å². The Labute approximate surface area is 289 Å². The smallest absolute Gasteiger partial charge is 0.0702 e. The molecule has 1 aliphatic rings. The molecule has 0 saturated carbocycles. The number of nitrogens with zero attached hydrogens (tertiary/aromatic N) is 4. The molecule has 0 amide bonds. The first-order valence-electron chi connectivity index (χ1n) is 17.2. The van der Waals surface area contributed by atoms with Crippen LogP contribution in [0.2, 0.25) is 0 Å². The highest BCUT2D eigenvalue weighted by molar-refractivity contribution is 6.13. The molecule has 6 aromatic carbocycles. The summed E-state index contributed by atoms with van der Waals surface area (Å²) < 4.78 is 4.70. The molecule has 0 aliphatic carbocycles. The number of fused-ring (bicyclic) bond motifs is 6. The summed E-state index contributed by atoms with van der Waals surface area (Å²) in [7, 11) is 0. The molecule has 236 valence electrons. The van der Waals surface area contributed by atoms with Crippen molar-refractivity contribution in [2.75, 3.05) is 6.54 Å². The first-order chi connectivity index (χ1) is 24.8. The number of rotatable bonds is 5. The fourth-order valence-electron chi connectivity index (χ4n) is 7.70. The van der Waals surface area contributed by atoms with E-state index in [1.165, 1.54) is 60.4 Å². The number of pyridine rings is 1. The molecule has 50 heavy (non-hydrogen) atoms. The maximum atomic E-state index is 5.09. The number of benzene rings is 6. The first-order valence-corrected chi connectivity index (χ1v) is 17.2. The standard InChI is InChI=1S/C46H32N4/c1-3-11-35(12-4-1)49-43-17-9-7-15-37(43)39-27-31(21-25-45(39)49)41-23-19-33(29-47-41)34-20-24-42(48-30-34)32-22-26-46-40(28-32)38-16-8-10-18-44(38)50(46)36-13-5-2-6-14-36/h1-23,25-29H,24,30H2. The third kappa shape index (κ3) is 4.61. The van der Waals surface area contributed by atoms with Gasteiger partial charge in [-0.05, 0) is 83.4 Å². The molecular weight excluding hydrogens is 609 g/mol. The van der Waals surface area contributed by atoms with E-state index in [4.69, 9.17) is 9.98 Å². The van der Waals surface area contributed by atoms with Gasteiger partial charge in [-0.3, -0.25) is 9.98 Å². The van der Waals surface area contributed by atoms with Crippen LogP contribution in [-0.2, 0) is 0 Å². The quantitative estimate of drug-likeness (QED) is 0.184. The van der Waals surface area contributed by atoms with E-state index in [2.05, 4.69) is 173 Å². The average molecular weight is 641 g/mol. The van der Waals surface area contributed by atoms with Crippen molar-refractivity contribution >= 4 is 54.9 Å². The highest BCUT2D eigenvalue weighted by atomic mass is 15.0. The minimum absolute atomic E-state index is 0.644. The Kier molecular flexibility index (Phi) is 6.59. The Morgan fingerprint density at radius 2 is 0.960 bits per heavy atom. The van der Waals surface area contributed by atoms with Gasteiger partial charge in [0.1, 0.15) is 0 Å². The van der Waals surface area contributed by atoms with E-state index in [9.17, 15) is 0 Å². The van der Waals surface area contributed by atoms with E-state index < -0.39 is 0 Å². The largest absolute Gasteiger partial charge is 0.309 e. The SMILES string of the molecule is C1=C(c2ccc(-c3ccc4c(c3)c3ccccc3n4-c3ccccc3)nc2)CN=C(c2ccc3c(c2)c2ccccc2n3-c2ccccc2)C1. The Morgan fingerprint density at radius 3 is 1.52 bits per heavy atom. The summed E-state index contributed by atoms with van der Waals surface area (Å²) >= 11 is 0. The van der Waals surface area contributed by atoms with Crippen molar-refractivity contribution in [1.29, 1.82) is 0 Å². The van der Waals surface area contributed by atoms with Gasteiger partial charge in [-0.15, -0.1) is 0 Å². The van der Waals surface area contributed by atoms with Gasteiger partial charge in [-0.25, -0.2) is 0 Å². The molecule has 0 fully saturated rings. The highest BCUT2D eigenvalue weighted by Gasteiger charge is 2.17. The van der Waals surface area contributed by atoms with Crippen molar-refractivity contribution in [2.24, 2.45) is 4.99 Å². The number of hydrogen-bond donors (Lipinski definition) is 0. The molecule has 10 rings (SSSR count). The van der Waals surface area contributed by atoms with Crippen LogP contribution in [0, 0.1) is 0 Å². The van der Waals surface area contributed by atoms with Crippen molar-refractivity contribution in [1.82, 2.24) is 14.1 Å². The maximum absolute atomic E-state index is 5.09. The Bertz CT molecular complexity index is 2780. The van der Waals surface area contributed by atoms with E-state index in [-0.39, 0.29) is 0 Å². The van der Waals surface area contributed by atoms with Gasteiger partial charge in [0, 0.05) is 56.8 Å². The molecule has 4 heterocycles.